The van der Waals surface area contributed by atoms with Crippen LogP contribution in [0.3, 0.4) is 0 Å². The highest BCUT2D eigenvalue weighted by atomic mass is 32.2. The fourth-order valence-electron chi connectivity index (χ4n) is 2.27. The quantitative estimate of drug-likeness (QED) is 0.624. The zero-order chi connectivity index (χ0) is 18.2. The van der Waals surface area contributed by atoms with Gasteiger partial charge in [-0.1, -0.05) is 24.0 Å². The Bertz CT molecular complexity index is 679. The van der Waals surface area contributed by atoms with Gasteiger partial charge in [-0.2, -0.15) is 5.26 Å². The van der Waals surface area contributed by atoms with Crippen LogP contribution < -0.4 is 5.32 Å². The summed E-state index contributed by atoms with van der Waals surface area (Å²) in [4.78, 5) is 26.0. The van der Waals surface area contributed by atoms with E-state index in [1.165, 1.54) is 18.7 Å². The molecule has 1 heterocycles. The zero-order valence-corrected chi connectivity index (χ0v) is 15.5. The van der Waals surface area contributed by atoms with E-state index >= 15 is 0 Å². The highest BCUT2D eigenvalue weighted by Crippen LogP contribution is 2.16. The van der Waals surface area contributed by atoms with Crippen LogP contribution in [0.4, 0.5) is 5.69 Å². The lowest BCUT2D eigenvalue weighted by molar-refractivity contribution is -0.150. The van der Waals surface area contributed by atoms with E-state index in [1.54, 1.807) is 24.3 Å². The van der Waals surface area contributed by atoms with Crippen LogP contribution in [0.5, 0.6) is 0 Å². The van der Waals surface area contributed by atoms with Gasteiger partial charge >= 0.3 is 5.97 Å². The standard InChI is InChI=1S/C17H19N3O3S2/c1-12(16(22)19-14-6-4-13(10-18)5-7-14)23-15(21)11-25-17(24)20-8-2-3-9-20/h4-7,12H,2-3,8-9,11H2,1H3,(H,19,22)/t12-/m0/s1. The van der Waals surface area contributed by atoms with Crippen LogP contribution in [0.1, 0.15) is 25.3 Å². The van der Waals surface area contributed by atoms with E-state index in [0.717, 1.165) is 25.9 Å². The maximum Gasteiger partial charge on any atom is 0.317 e. The molecule has 25 heavy (non-hydrogen) atoms. The summed E-state index contributed by atoms with van der Waals surface area (Å²) in [7, 11) is 0. The number of carbonyl (C=O) groups excluding carboxylic acids is 2. The highest BCUT2D eigenvalue weighted by molar-refractivity contribution is 8.23. The van der Waals surface area contributed by atoms with Crippen LogP contribution in [0.2, 0.25) is 0 Å². The molecule has 1 aliphatic heterocycles. The van der Waals surface area contributed by atoms with Crippen LogP contribution in [0, 0.1) is 11.3 Å². The van der Waals surface area contributed by atoms with Gasteiger partial charge in [0.15, 0.2) is 6.10 Å². The van der Waals surface area contributed by atoms with Gasteiger partial charge in [0.2, 0.25) is 0 Å². The molecule has 0 aliphatic carbocycles. The van der Waals surface area contributed by atoms with E-state index in [1.807, 2.05) is 6.07 Å². The molecule has 0 radical (unpaired) electrons. The number of nitrogens with one attached hydrogen (secondary N) is 1. The van der Waals surface area contributed by atoms with Crippen molar-refractivity contribution in [3.8, 4) is 6.07 Å². The molecule has 0 unspecified atom stereocenters. The Balaban J connectivity index is 1.74. The van der Waals surface area contributed by atoms with E-state index in [4.69, 9.17) is 22.2 Å². The van der Waals surface area contributed by atoms with Crippen molar-refractivity contribution in [3.05, 3.63) is 29.8 Å². The van der Waals surface area contributed by atoms with Crippen molar-refractivity contribution in [2.75, 3.05) is 24.2 Å². The third kappa shape index (κ3) is 6.03. The molecule has 1 aliphatic rings. The Labute approximate surface area is 156 Å². The number of hydrogen-bond donors (Lipinski definition) is 1. The molecule has 1 amide bonds. The van der Waals surface area contributed by atoms with Crippen molar-refractivity contribution >= 4 is 45.9 Å². The molecular formula is C17H19N3O3S2. The minimum absolute atomic E-state index is 0.0871. The monoisotopic (exact) mass is 377 g/mol. The summed E-state index contributed by atoms with van der Waals surface area (Å²) in [6, 6.07) is 8.44. The molecule has 2 rings (SSSR count). The summed E-state index contributed by atoms with van der Waals surface area (Å²) in [5, 5.41) is 11.4. The number of anilines is 1. The zero-order valence-electron chi connectivity index (χ0n) is 13.9. The van der Waals surface area contributed by atoms with Crippen molar-refractivity contribution in [2.24, 2.45) is 0 Å². The van der Waals surface area contributed by atoms with Gasteiger partial charge < -0.3 is 15.0 Å². The average molecular weight is 377 g/mol. The van der Waals surface area contributed by atoms with E-state index in [0.29, 0.717) is 15.6 Å². The Morgan fingerprint density at radius 3 is 2.60 bits per heavy atom. The third-order valence-electron chi connectivity index (χ3n) is 3.64. The predicted molar refractivity (Wildman–Crippen MR) is 101 cm³/mol. The number of amides is 1. The molecule has 1 atom stereocenters. The van der Waals surface area contributed by atoms with Crippen LogP contribution in [-0.4, -0.2) is 46.0 Å². The first kappa shape index (κ1) is 19.2. The van der Waals surface area contributed by atoms with Crippen LogP contribution >= 0.6 is 24.0 Å². The van der Waals surface area contributed by atoms with Gasteiger partial charge in [-0.3, -0.25) is 9.59 Å². The molecule has 1 N–H and O–H groups in total. The second-order valence-corrected chi connectivity index (χ2v) is 7.17. The van der Waals surface area contributed by atoms with Gasteiger partial charge in [0.05, 0.1) is 17.4 Å². The minimum Gasteiger partial charge on any atom is -0.452 e. The van der Waals surface area contributed by atoms with Crippen molar-refractivity contribution in [1.82, 2.24) is 4.90 Å². The maximum atomic E-state index is 12.1. The Hall–Kier alpha value is -2.11. The number of carbonyl (C=O) groups is 2. The molecule has 1 aromatic rings. The molecule has 1 aromatic carbocycles. The lowest BCUT2D eigenvalue weighted by atomic mass is 10.2. The van der Waals surface area contributed by atoms with Crippen LogP contribution in [0.25, 0.3) is 0 Å². The fourth-order valence-corrected chi connectivity index (χ4v) is 3.30. The molecule has 0 saturated carbocycles. The summed E-state index contributed by atoms with van der Waals surface area (Å²) < 4.78 is 5.84. The Morgan fingerprint density at radius 1 is 1.36 bits per heavy atom. The summed E-state index contributed by atoms with van der Waals surface area (Å²) in [6.07, 6.45) is 1.33. The third-order valence-corrected chi connectivity index (χ3v) is 5.13. The average Bonchev–Trinajstić information content (AvgIpc) is 3.15. The first-order valence-electron chi connectivity index (χ1n) is 7.92. The SMILES string of the molecule is C[C@H](OC(=O)CSC(=S)N1CCCC1)C(=O)Nc1ccc(C#N)cc1. The molecule has 1 saturated heterocycles. The van der Waals surface area contributed by atoms with Crippen molar-refractivity contribution < 1.29 is 14.3 Å². The molecule has 8 heteroatoms. The largest absolute Gasteiger partial charge is 0.452 e. The van der Waals surface area contributed by atoms with E-state index < -0.39 is 18.0 Å². The van der Waals surface area contributed by atoms with Crippen molar-refractivity contribution in [1.29, 1.82) is 5.26 Å². The van der Waals surface area contributed by atoms with Gasteiger partial charge in [-0.15, -0.1) is 0 Å². The number of ether oxygens (including phenoxy) is 1. The lowest BCUT2D eigenvalue weighted by Gasteiger charge is -2.18. The van der Waals surface area contributed by atoms with Crippen molar-refractivity contribution in [3.63, 3.8) is 0 Å². The van der Waals surface area contributed by atoms with Gasteiger partial charge in [0, 0.05) is 18.8 Å². The van der Waals surface area contributed by atoms with Crippen molar-refractivity contribution in [2.45, 2.75) is 25.9 Å². The number of likely N-dealkylation sites (tertiary alicyclic amines) is 1. The number of hydrogen-bond acceptors (Lipinski definition) is 6. The van der Waals surface area contributed by atoms with Gasteiger partial charge in [0.25, 0.3) is 5.91 Å². The number of esters is 1. The van der Waals surface area contributed by atoms with Gasteiger partial charge in [-0.05, 0) is 44.0 Å². The van der Waals surface area contributed by atoms with Crippen LogP contribution in [0.15, 0.2) is 24.3 Å². The summed E-state index contributed by atoms with van der Waals surface area (Å²) in [5.41, 5.74) is 1.04. The number of nitriles is 1. The number of rotatable bonds is 5. The molecule has 0 bridgehead atoms. The maximum absolute atomic E-state index is 12.1. The number of thioether (sulfide) groups is 1. The predicted octanol–water partition coefficient (Wildman–Crippen LogP) is 2.54. The smallest absolute Gasteiger partial charge is 0.317 e. The molecule has 0 spiro atoms. The summed E-state index contributed by atoms with van der Waals surface area (Å²) in [5.74, 6) is -0.816. The molecule has 1 fully saturated rings. The van der Waals surface area contributed by atoms with Crippen LogP contribution in [-0.2, 0) is 14.3 Å². The molecule has 6 nitrogen and oxygen atoms in total. The van der Waals surface area contributed by atoms with Gasteiger partial charge in [0.1, 0.15) is 4.32 Å². The molecule has 0 aromatic heterocycles. The molecule has 132 valence electrons. The first-order chi connectivity index (χ1) is 12.0. The number of benzene rings is 1. The lowest BCUT2D eigenvalue weighted by Crippen LogP contribution is -2.31. The first-order valence-corrected chi connectivity index (χ1v) is 9.31. The summed E-state index contributed by atoms with van der Waals surface area (Å²) in [6.45, 7) is 3.38. The van der Waals surface area contributed by atoms with E-state index in [9.17, 15) is 9.59 Å². The Morgan fingerprint density at radius 2 is 2.00 bits per heavy atom. The van der Waals surface area contributed by atoms with E-state index in [2.05, 4.69) is 10.2 Å². The summed E-state index contributed by atoms with van der Waals surface area (Å²) >= 11 is 6.55. The Kier molecular flexibility index (Phi) is 7.22. The van der Waals surface area contributed by atoms with Gasteiger partial charge in [-0.25, -0.2) is 0 Å². The second-order valence-electron chi connectivity index (χ2n) is 5.56. The number of nitrogens with zero attached hydrogens (tertiary/aromatic N) is 2. The number of thiocarbonyl (C=S) groups is 1. The van der Waals surface area contributed by atoms with E-state index in [-0.39, 0.29) is 5.75 Å². The topological polar surface area (TPSA) is 82.4 Å². The highest BCUT2D eigenvalue weighted by Gasteiger charge is 2.20. The normalized spacial score (nSPS) is 14.5. The second kappa shape index (κ2) is 9.39. The minimum atomic E-state index is -0.913. The molecular weight excluding hydrogens is 358 g/mol. The fraction of sp³-hybridized carbons (Fsp3) is 0.412.